The number of benzene rings is 1. The molecule has 0 spiro atoms. The van der Waals surface area contributed by atoms with E-state index in [2.05, 4.69) is 15.0 Å². The third-order valence-corrected chi connectivity index (χ3v) is 5.13. The first kappa shape index (κ1) is 22.6. The lowest BCUT2D eigenvalue weighted by Crippen LogP contribution is -2.28. The molecule has 156 valence electrons. The molecule has 0 saturated heterocycles. The summed E-state index contributed by atoms with van der Waals surface area (Å²) >= 11 is 5.69. The number of carbonyl (C=O) groups is 2. The van der Waals surface area contributed by atoms with Crippen LogP contribution in [0.25, 0.3) is 0 Å². The second kappa shape index (κ2) is 10.7. The van der Waals surface area contributed by atoms with Gasteiger partial charge in [-0.25, -0.2) is 18.1 Å². The number of amides is 1. The van der Waals surface area contributed by atoms with Crippen molar-refractivity contribution in [2.24, 2.45) is 0 Å². The Morgan fingerprint density at radius 1 is 1.14 bits per heavy atom. The molecule has 0 atom stereocenters. The highest BCUT2D eigenvalue weighted by Gasteiger charge is 2.15. The number of hydrogen-bond acceptors (Lipinski definition) is 7. The molecule has 0 bridgehead atoms. The first-order valence-electron chi connectivity index (χ1n) is 8.59. The Morgan fingerprint density at radius 2 is 1.86 bits per heavy atom. The molecule has 1 amide bonds. The summed E-state index contributed by atoms with van der Waals surface area (Å²) in [4.78, 5) is 27.3. The van der Waals surface area contributed by atoms with Crippen LogP contribution in [0.3, 0.4) is 0 Å². The third kappa shape index (κ3) is 7.68. The minimum absolute atomic E-state index is 0.0455. The Morgan fingerprint density at radius 3 is 2.48 bits per heavy atom. The molecule has 0 radical (unpaired) electrons. The van der Waals surface area contributed by atoms with Crippen molar-refractivity contribution in [2.45, 2.75) is 18.2 Å². The molecule has 29 heavy (non-hydrogen) atoms. The molecule has 0 aliphatic rings. The standard InChI is InChI=1S/C18H20ClN3O6S/c1-2-27-14-4-6-15(7-5-14)29(25,26)21-10-9-18(24)28-12-17(23)22-16-8-3-13(19)11-20-16/h3-8,11,21H,2,9-10,12H2,1H3,(H,20,22,23). The van der Waals surface area contributed by atoms with Gasteiger partial charge in [0.05, 0.1) is 22.9 Å². The molecule has 2 aromatic rings. The van der Waals surface area contributed by atoms with Crippen LogP contribution >= 0.6 is 11.6 Å². The number of halogens is 1. The molecule has 11 heteroatoms. The van der Waals surface area contributed by atoms with Gasteiger partial charge in [-0.3, -0.25) is 9.59 Å². The maximum absolute atomic E-state index is 12.2. The highest BCUT2D eigenvalue weighted by atomic mass is 35.5. The topological polar surface area (TPSA) is 124 Å². The molecule has 1 heterocycles. The summed E-state index contributed by atoms with van der Waals surface area (Å²) in [7, 11) is -3.77. The second-order valence-electron chi connectivity index (χ2n) is 5.62. The third-order valence-electron chi connectivity index (χ3n) is 3.43. The molecule has 2 rings (SSSR count). The van der Waals surface area contributed by atoms with Crippen LogP contribution in [-0.4, -0.2) is 45.0 Å². The van der Waals surface area contributed by atoms with Crippen LogP contribution in [-0.2, 0) is 24.3 Å². The normalized spacial score (nSPS) is 11.0. The zero-order chi connectivity index (χ0) is 21.3. The number of rotatable bonds is 10. The van der Waals surface area contributed by atoms with Crippen LogP contribution in [0.5, 0.6) is 5.75 Å². The minimum atomic E-state index is -3.77. The lowest BCUT2D eigenvalue weighted by Gasteiger charge is -2.08. The molecule has 0 aliphatic heterocycles. The fourth-order valence-electron chi connectivity index (χ4n) is 2.10. The van der Waals surface area contributed by atoms with E-state index in [1.807, 2.05) is 6.92 Å². The Hall–Kier alpha value is -2.69. The van der Waals surface area contributed by atoms with E-state index in [4.69, 9.17) is 21.1 Å². The summed E-state index contributed by atoms with van der Waals surface area (Å²) in [5.74, 6) is -0.484. The molecule has 9 nitrogen and oxygen atoms in total. The van der Waals surface area contributed by atoms with Crippen molar-refractivity contribution < 1.29 is 27.5 Å². The van der Waals surface area contributed by atoms with Crippen molar-refractivity contribution in [3.8, 4) is 5.75 Å². The molecular formula is C18H20ClN3O6S. The van der Waals surface area contributed by atoms with Gasteiger partial charge in [0, 0.05) is 12.7 Å². The van der Waals surface area contributed by atoms with Gasteiger partial charge in [0.1, 0.15) is 11.6 Å². The average Bonchev–Trinajstić information content (AvgIpc) is 2.69. The lowest BCUT2D eigenvalue weighted by atomic mass is 10.3. The van der Waals surface area contributed by atoms with E-state index in [0.717, 1.165) is 0 Å². The summed E-state index contributed by atoms with van der Waals surface area (Å²) in [6.07, 6.45) is 1.13. The monoisotopic (exact) mass is 441 g/mol. The highest BCUT2D eigenvalue weighted by Crippen LogP contribution is 2.15. The number of anilines is 1. The average molecular weight is 442 g/mol. The van der Waals surface area contributed by atoms with Gasteiger partial charge in [0.15, 0.2) is 6.61 Å². The molecule has 0 unspecified atom stereocenters. The van der Waals surface area contributed by atoms with Gasteiger partial charge in [-0.1, -0.05) is 11.6 Å². The van der Waals surface area contributed by atoms with Crippen LogP contribution in [0.2, 0.25) is 5.02 Å². The number of hydrogen-bond donors (Lipinski definition) is 2. The van der Waals surface area contributed by atoms with Gasteiger partial charge < -0.3 is 14.8 Å². The van der Waals surface area contributed by atoms with Crippen LogP contribution < -0.4 is 14.8 Å². The van der Waals surface area contributed by atoms with Crippen molar-refractivity contribution in [1.82, 2.24) is 9.71 Å². The number of nitrogens with zero attached hydrogens (tertiary/aromatic N) is 1. The van der Waals surface area contributed by atoms with Gasteiger partial charge >= 0.3 is 5.97 Å². The second-order valence-corrected chi connectivity index (χ2v) is 7.83. The molecule has 0 saturated carbocycles. The summed E-state index contributed by atoms with van der Waals surface area (Å²) < 4.78 is 36.7. The van der Waals surface area contributed by atoms with Crippen molar-refractivity contribution in [2.75, 3.05) is 25.1 Å². The van der Waals surface area contributed by atoms with Crippen molar-refractivity contribution in [1.29, 1.82) is 0 Å². The first-order chi connectivity index (χ1) is 13.8. The summed E-state index contributed by atoms with van der Waals surface area (Å²) in [5, 5.41) is 2.85. The van der Waals surface area contributed by atoms with Crippen molar-refractivity contribution in [3.05, 3.63) is 47.6 Å². The summed E-state index contributed by atoms with van der Waals surface area (Å²) in [5.41, 5.74) is 0. The smallest absolute Gasteiger partial charge is 0.307 e. The molecular weight excluding hydrogens is 422 g/mol. The lowest BCUT2D eigenvalue weighted by molar-refractivity contribution is -0.147. The predicted molar refractivity (Wildman–Crippen MR) is 106 cm³/mol. The maximum Gasteiger partial charge on any atom is 0.307 e. The predicted octanol–water partition coefficient (Wildman–Crippen LogP) is 1.98. The van der Waals surface area contributed by atoms with Gasteiger partial charge in [-0.05, 0) is 43.3 Å². The number of carbonyl (C=O) groups excluding carboxylic acids is 2. The van der Waals surface area contributed by atoms with E-state index >= 15 is 0 Å². The minimum Gasteiger partial charge on any atom is -0.494 e. The molecule has 1 aromatic carbocycles. The van der Waals surface area contributed by atoms with Gasteiger partial charge in [0.2, 0.25) is 10.0 Å². The van der Waals surface area contributed by atoms with Crippen LogP contribution in [0.1, 0.15) is 13.3 Å². The zero-order valence-electron chi connectivity index (χ0n) is 15.6. The van der Waals surface area contributed by atoms with Gasteiger partial charge in [0.25, 0.3) is 5.91 Å². The molecule has 0 aliphatic carbocycles. The SMILES string of the molecule is CCOc1ccc(S(=O)(=O)NCCC(=O)OCC(=O)Nc2ccc(Cl)cn2)cc1. The van der Waals surface area contributed by atoms with Gasteiger partial charge in [-0.2, -0.15) is 0 Å². The molecule has 2 N–H and O–H groups in total. The van der Waals surface area contributed by atoms with Crippen molar-refractivity contribution >= 4 is 39.3 Å². The van der Waals surface area contributed by atoms with Gasteiger partial charge in [-0.15, -0.1) is 0 Å². The van der Waals surface area contributed by atoms with Crippen LogP contribution in [0.4, 0.5) is 5.82 Å². The summed E-state index contributed by atoms with van der Waals surface area (Å²) in [6, 6.07) is 8.94. The van der Waals surface area contributed by atoms with Crippen molar-refractivity contribution in [3.63, 3.8) is 0 Å². The van der Waals surface area contributed by atoms with Crippen LogP contribution in [0.15, 0.2) is 47.5 Å². The van der Waals surface area contributed by atoms with E-state index in [-0.39, 0.29) is 23.7 Å². The largest absolute Gasteiger partial charge is 0.494 e. The number of sulfonamides is 1. The number of aromatic nitrogens is 1. The van der Waals surface area contributed by atoms with E-state index in [0.29, 0.717) is 17.4 Å². The van der Waals surface area contributed by atoms with Crippen LogP contribution in [0, 0.1) is 0 Å². The number of nitrogens with one attached hydrogen (secondary N) is 2. The number of pyridine rings is 1. The Balaban J connectivity index is 1.72. The van der Waals surface area contributed by atoms with E-state index in [1.165, 1.54) is 24.4 Å². The first-order valence-corrected chi connectivity index (χ1v) is 10.5. The van der Waals surface area contributed by atoms with E-state index in [1.54, 1.807) is 18.2 Å². The number of esters is 1. The fourth-order valence-corrected chi connectivity index (χ4v) is 3.24. The van der Waals surface area contributed by atoms with E-state index < -0.39 is 28.5 Å². The fraction of sp³-hybridized carbons (Fsp3) is 0.278. The molecule has 1 aromatic heterocycles. The maximum atomic E-state index is 12.2. The number of ether oxygens (including phenoxy) is 2. The Kier molecular flexibility index (Phi) is 8.37. The van der Waals surface area contributed by atoms with E-state index in [9.17, 15) is 18.0 Å². The Bertz CT molecular complexity index is 933. The quantitative estimate of drug-likeness (QED) is 0.540. The molecule has 0 fully saturated rings. The summed E-state index contributed by atoms with van der Waals surface area (Å²) in [6.45, 7) is 1.60. The zero-order valence-corrected chi connectivity index (χ0v) is 17.1. The highest BCUT2D eigenvalue weighted by molar-refractivity contribution is 7.89. The Labute approximate surface area is 173 Å².